The van der Waals surface area contributed by atoms with Crippen molar-refractivity contribution in [2.45, 2.75) is 18.9 Å². The molecule has 0 unspecified atom stereocenters. The Bertz CT molecular complexity index is 1690. The number of nitrogens with one attached hydrogen (secondary N) is 3. The number of anilines is 1. The van der Waals surface area contributed by atoms with Gasteiger partial charge in [0.15, 0.2) is 11.6 Å². The molecule has 1 aliphatic rings. The number of hydrogen-bond donors (Lipinski definition) is 3. The van der Waals surface area contributed by atoms with Gasteiger partial charge in [0.25, 0.3) is 0 Å². The Labute approximate surface area is 242 Å². The molecule has 3 N–H and O–H groups in total. The van der Waals surface area contributed by atoms with Crippen molar-refractivity contribution < 1.29 is 22.0 Å². The fourth-order valence-electron chi connectivity index (χ4n) is 5.21. The van der Waals surface area contributed by atoms with Gasteiger partial charge in [0.1, 0.15) is 11.5 Å². The SMILES string of the molecule is Cc1c(-c2cnn(C)c2)nn(-c2ccccc2)c1NC(=O)N[C@@H]1CN(CCNS(C)(=O)=O)C[C@H]1c1ccc(F)c(F)c1. The normalized spacial score (nSPS) is 17.5. The van der Waals surface area contributed by atoms with Crippen LogP contribution in [-0.2, 0) is 17.1 Å². The Morgan fingerprint density at radius 2 is 1.86 bits per heavy atom. The van der Waals surface area contributed by atoms with Crippen LogP contribution in [0.4, 0.5) is 19.4 Å². The summed E-state index contributed by atoms with van der Waals surface area (Å²) in [7, 11) is -1.56. The van der Waals surface area contributed by atoms with E-state index in [1.165, 1.54) is 6.07 Å². The topological polar surface area (TPSA) is 126 Å². The van der Waals surface area contributed by atoms with E-state index in [2.05, 4.69) is 20.5 Å². The predicted octanol–water partition coefficient (Wildman–Crippen LogP) is 3.00. The Balaban J connectivity index is 1.40. The van der Waals surface area contributed by atoms with Crippen LogP contribution < -0.4 is 15.4 Å². The number of likely N-dealkylation sites (tertiary alicyclic amines) is 1. The van der Waals surface area contributed by atoms with E-state index in [4.69, 9.17) is 5.10 Å². The van der Waals surface area contributed by atoms with Crippen molar-refractivity contribution in [2.75, 3.05) is 37.8 Å². The van der Waals surface area contributed by atoms with Crippen LogP contribution in [0.3, 0.4) is 0 Å². The molecule has 42 heavy (non-hydrogen) atoms. The van der Waals surface area contributed by atoms with Crippen molar-refractivity contribution in [1.29, 1.82) is 0 Å². The first-order valence-corrected chi connectivity index (χ1v) is 15.2. The Kier molecular flexibility index (Phi) is 8.38. The summed E-state index contributed by atoms with van der Waals surface area (Å²) in [6.45, 7) is 3.20. The average molecular weight is 599 g/mol. The van der Waals surface area contributed by atoms with Gasteiger partial charge in [-0.15, -0.1) is 0 Å². The average Bonchev–Trinajstić information content (AvgIpc) is 3.63. The summed E-state index contributed by atoms with van der Waals surface area (Å²) in [6, 6.07) is 12.1. The van der Waals surface area contributed by atoms with Crippen molar-refractivity contribution in [3.05, 3.63) is 83.7 Å². The van der Waals surface area contributed by atoms with Gasteiger partial charge < -0.3 is 5.32 Å². The molecule has 2 aromatic carbocycles. The van der Waals surface area contributed by atoms with Crippen LogP contribution in [0.15, 0.2) is 60.9 Å². The van der Waals surface area contributed by atoms with Gasteiger partial charge in [-0.25, -0.2) is 31.4 Å². The van der Waals surface area contributed by atoms with Gasteiger partial charge >= 0.3 is 6.03 Å². The number of halogens is 2. The molecule has 4 aromatic rings. The second-order valence-corrected chi connectivity index (χ2v) is 12.2. The lowest BCUT2D eigenvalue weighted by atomic mass is 9.94. The fourth-order valence-corrected chi connectivity index (χ4v) is 5.67. The van der Waals surface area contributed by atoms with Gasteiger partial charge in [-0.3, -0.25) is 14.9 Å². The maximum absolute atomic E-state index is 14.2. The van der Waals surface area contributed by atoms with E-state index in [0.717, 1.165) is 35.2 Å². The maximum Gasteiger partial charge on any atom is 0.320 e. The lowest BCUT2D eigenvalue weighted by molar-refractivity contribution is 0.247. The third kappa shape index (κ3) is 6.66. The number of rotatable bonds is 9. The third-order valence-corrected chi connectivity index (χ3v) is 7.94. The molecular weight excluding hydrogens is 566 g/mol. The zero-order valence-electron chi connectivity index (χ0n) is 23.4. The highest BCUT2D eigenvalue weighted by Crippen LogP contribution is 2.31. The number of amides is 2. The van der Waals surface area contributed by atoms with Gasteiger partial charge in [-0.1, -0.05) is 24.3 Å². The standard InChI is InChI=1S/C28H32F2N8O3S/c1-18-26(20-14-31-36(2)15-20)35-38(21-7-5-4-6-8-21)27(18)34-28(39)33-25-17-37(12-11-32-42(3,40)41)16-22(25)19-9-10-23(29)24(30)13-19/h4-10,13-15,22,25,32H,11-12,16-17H2,1-3H3,(H2,33,34,39)/t22-,25+/m0/s1. The monoisotopic (exact) mass is 598 g/mol. The number of carbonyl (C=O) groups excluding carboxylic acids is 1. The molecule has 0 saturated carbocycles. The van der Waals surface area contributed by atoms with Gasteiger partial charge in [0.2, 0.25) is 10.0 Å². The second-order valence-electron chi connectivity index (χ2n) is 10.4. The van der Waals surface area contributed by atoms with E-state index < -0.39 is 33.7 Å². The molecule has 11 nitrogen and oxygen atoms in total. The van der Waals surface area contributed by atoms with Crippen LogP contribution in [0, 0.1) is 18.6 Å². The zero-order valence-corrected chi connectivity index (χ0v) is 24.2. The molecule has 0 radical (unpaired) electrons. The number of sulfonamides is 1. The number of para-hydroxylation sites is 1. The van der Waals surface area contributed by atoms with Crippen LogP contribution >= 0.6 is 0 Å². The molecule has 14 heteroatoms. The highest BCUT2D eigenvalue weighted by molar-refractivity contribution is 7.88. The van der Waals surface area contributed by atoms with E-state index in [0.29, 0.717) is 36.7 Å². The minimum absolute atomic E-state index is 0.175. The molecule has 2 amide bonds. The van der Waals surface area contributed by atoms with Crippen molar-refractivity contribution in [2.24, 2.45) is 7.05 Å². The van der Waals surface area contributed by atoms with E-state index in [-0.39, 0.29) is 12.5 Å². The van der Waals surface area contributed by atoms with Crippen LogP contribution in [0.2, 0.25) is 0 Å². The van der Waals surface area contributed by atoms with E-state index >= 15 is 0 Å². The molecule has 2 aromatic heterocycles. The molecule has 222 valence electrons. The van der Waals surface area contributed by atoms with Gasteiger partial charge in [0.05, 0.1) is 24.2 Å². The molecule has 3 heterocycles. The van der Waals surface area contributed by atoms with Gasteiger partial charge in [0, 0.05) is 56.5 Å². The lowest BCUT2D eigenvalue weighted by Gasteiger charge is -2.21. The van der Waals surface area contributed by atoms with E-state index in [9.17, 15) is 22.0 Å². The van der Waals surface area contributed by atoms with Crippen molar-refractivity contribution >= 4 is 21.9 Å². The molecular formula is C28H32F2N8O3S. The number of aromatic nitrogens is 4. The van der Waals surface area contributed by atoms with Gasteiger partial charge in [-0.2, -0.15) is 10.2 Å². The molecule has 0 bridgehead atoms. The first-order valence-electron chi connectivity index (χ1n) is 13.3. The lowest BCUT2D eigenvalue weighted by Crippen LogP contribution is -2.43. The quantitative estimate of drug-likeness (QED) is 0.272. The van der Waals surface area contributed by atoms with Crippen LogP contribution in [-0.4, -0.2) is 77.4 Å². The highest BCUT2D eigenvalue weighted by Gasteiger charge is 2.35. The summed E-state index contributed by atoms with van der Waals surface area (Å²) < 4.78 is 56.6. The minimum Gasteiger partial charge on any atom is -0.333 e. The van der Waals surface area contributed by atoms with Crippen LogP contribution in [0.5, 0.6) is 0 Å². The summed E-state index contributed by atoms with van der Waals surface area (Å²) in [5.74, 6) is -1.83. The number of urea groups is 1. The molecule has 0 spiro atoms. The number of hydrogen-bond acceptors (Lipinski definition) is 6. The molecule has 2 atom stereocenters. The Morgan fingerprint density at radius 3 is 2.52 bits per heavy atom. The second kappa shape index (κ2) is 12.0. The predicted molar refractivity (Wildman–Crippen MR) is 155 cm³/mol. The first-order chi connectivity index (χ1) is 20.0. The summed E-state index contributed by atoms with van der Waals surface area (Å²) >= 11 is 0. The van der Waals surface area contributed by atoms with Crippen LogP contribution in [0.25, 0.3) is 16.9 Å². The smallest absolute Gasteiger partial charge is 0.320 e. The molecule has 0 aliphatic carbocycles. The zero-order chi connectivity index (χ0) is 30.0. The molecule has 1 fully saturated rings. The molecule has 1 saturated heterocycles. The first kappa shape index (κ1) is 29.4. The highest BCUT2D eigenvalue weighted by atomic mass is 32.2. The summed E-state index contributed by atoms with van der Waals surface area (Å²) in [6.07, 6.45) is 4.62. The number of benzene rings is 2. The maximum atomic E-state index is 14.2. The van der Waals surface area contributed by atoms with Crippen molar-refractivity contribution in [3.8, 4) is 16.9 Å². The van der Waals surface area contributed by atoms with Crippen LogP contribution in [0.1, 0.15) is 17.0 Å². The molecule has 1 aliphatic heterocycles. The fraction of sp³-hybridized carbons (Fsp3) is 0.321. The van der Waals surface area contributed by atoms with E-state index in [1.807, 2.05) is 55.4 Å². The third-order valence-electron chi connectivity index (χ3n) is 7.21. The number of nitrogens with zero attached hydrogens (tertiary/aromatic N) is 5. The summed E-state index contributed by atoms with van der Waals surface area (Å²) in [4.78, 5) is 15.4. The largest absolute Gasteiger partial charge is 0.333 e. The number of aryl methyl sites for hydroxylation is 1. The Morgan fingerprint density at radius 1 is 1.10 bits per heavy atom. The number of carbonyl (C=O) groups is 1. The van der Waals surface area contributed by atoms with Gasteiger partial charge in [-0.05, 0) is 36.8 Å². The molecule has 5 rings (SSSR count). The van der Waals surface area contributed by atoms with Crippen molar-refractivity contribution in [3.63, 3.8) is 0 Å². The summed E-state index contributed by atoms with van der Waals surface area (Å²) in [5, 5.41) is 15.0. The minimum atomic E-state index is -3.37. The Hall–Kier alpha value is -4.14. The summed E-state index contributed by atoms with van der Waals surface area (Å²) in [5.41, 5.74) is 3.46. The van der Waals surface area contributed by atoms with Crippen molar-refractivity contribution in [1.82, 2.24) is 34.5 Å². The van der Waals surface area contributed by atoms with E-state index in [1.54, 1.807) is 15.6 Å².